The molecule has 1 saturated heterocycles. The van der Waals surface area contributed by atoms with Crippen molar-refractivity contribution in [3.8, 4) is 0 Å². The first-order valence-corrected chi connectivity index (χ1v) is 16.4. The molecule has 4 aliphatic heterocycles. The summed E-state index contributed by atoms with van der Waals surface area (Å²) in [6.45, 7) is 21.5. The molecule has 0 aromatic heterocycles. The molecule has 1 unspecified atom stereocenters. The zero-order valence-corrected chi connectivity index (χ0v) is 27.3. The summed E-state index contributed by atoms with van der Waals surface area (Å²) in [5, 5.41) is 0. The second-order valence-electron chi connectivity index (χ2n) is 14.4. The van der Waals surface area contributed by atoms with Crippen molar-refractivity contribution in [1.29, 1.82) is 0 Å². The summed E-state index contributed by atoms with van der Waals surface area (Å²) >= 11 is 0. The molecule has 42 heavy (non-hydrogen) atoms. The normalized spacial score (nSPS) is 23.5. The lowest BCUT2D eigenvalue weighted by atomic mass is 9.79. The molecule has 0 spiro atoms. The number of ketones is 2. The fourth-order valence-corrected chi connectivity index (χ4v) is 7.61. The van der Waals surface area contributed by atoms with Gasteiger partial charge in [0.05, 0.1) is 0 Å². The van der Waals surface area contributed by atoms with Gasteiger partial charge in [0.15, 0.2) is 5.78 Å². The van der Waals surface area contributed by atoms with E-state index in [2.05, 4.69) is 89.5 Å². The van der Waals surface area contributed by atoms with E-state index in [9.17, 15) is 9.59 Å². The Morgan fingerprint density at radius 3 is 2.02 bits per heavy atom. The molecular formula is C38H52N2O2. The summed E-state index contributed by atoms with van der Waals surface area (Å²) in [5.74, 6) is 2.43. The summed E-state index contributed by atoms with van der Waals surface area (Å²) in [7, 11) is 0. The second kappa shape index (κ2) is 12.5. The third-order valence-electron chi connectivity index (χ3n) is 10.1. The van der Waals surface area contributed by atoms with Gasteiger partial charge in [-0.25, -0.2) is 0 Å². The van der Waals surface area contributed by atoms with Gasteiger partial charge < -0.3 is 4.90 Å². The molecule has 0 radical (unpaired) electrons. The fraction of sp³-hybridized carbons (Fsp3) is 0.579. The third-order valence-corrected chi connectivity index (χ3v) is 10.1. The first kappa shape index (κ1) is 30.7. The number of carbonyl (C=O) groups excluding carboxylic acids is 2. The van der Waals surface area contributed by atoms with E-state index in [0.29, 0.717) is 35.9 Å². The molecule has 0 amide bonds. The first-order chi connectivity index (χ1) is 19.9. The van der Waals surface area contributed by atoms with Crippen LogP contribution in [0.15, 0.2) is 30.3 Å². The molecule has 0 aliphatic carbocycles. The topological polar surface area (TPSA) is 40.6 Å². The molecule has 3 atom stereocenters. The zero-order valence-electron chi connectivity index (χ0n) is 27.3. The van der Waals surface area contributed by atoms with Gasteiger partial charge in [0, 0.05) is 67.8 Å². The monoisotopic (exact) mass is 568 g/mol. The summed E-state index contributed by atoms with van der Waals surface area (Å²) in [6.07, 6.45) is 6.89. The molecule has 1 fully saturated rings. The predicted octanol–water partition coefficient (Wildman–Crippen LogP) is 7.59. The highest BCUT2D eigenvalue weighted by Crippen LogP contribution is 2.39. The highest BCUT2D eigenvalue weighted by Gasteiger charge is 2.38. The number of allylic oxidation sites excluding steroid dienone is 1. The van der Waals surface area contributed by atoms with Crippen LogP contribution in [0.1, 0.15) is 97.5 Å². The molecule has 4 heteroatoms. The van der Waals surface area contributed by atoms with Crippen molar-refractivity contribution in [2.45, 2.75) is 93.5 Å². The van der Waals surface area contributed by atoms with Gasteiger partial charge >= 0.3 is 0 Å². The molecule has 6 rings (SSSR count). The number of carbonyl (C=O) groups is 2. The number of rotatable bonds is 4. The van der Waals surface area contributed by atoms with Gasteiger partial charge in [-0.05, 0) is 110 Å². The Morgan fingerprint density at radius 2 is 1.33 bits per heavy atom. The number of Topliss-reactive ketones (excluding diaryl/α,β-unsaturated/α-hetero) is 1. The number of nitrogens with zero attached hydrogens (tertiary/aromatic N) is 2. The maximum atomic E-state index is 12.5. The van der Waals surface area contributed by atoms with Gasteiger partial charge in [0.1, 0.15) is 5.78 Å². The maximum absolute atomic E-state index is 12.5. The minimum atomic E-state index is 0.182. The van der Waals surface area contributed by atoms with Crippen LogP contribution >= 0.6 is 0 Å². The van der Waals surface area contributed by atoms with Gasteiger partial charge in [-0.15, -0.1) is 0 Å². The Morgan fingerprint density at radius 1 is 0.738 bits per heavy atom. The summed E-state index contributed by atoms with van der Waals surface area (Å²) in [4.78, 5) is 29.9. The molecule has 4 nitrogen and oxygen atoms in total. The standard InChI is InChI=1S/C19H27NO.C19H25NO/c2*1-12(2)7-16-11-20-6-5-15-8-13(3)14(4)9-17(15)18(20)10-19(16)21/h8-9,12,16,18H,5-7,10-11H2,1-4H3;8-10,12,16H,5-7,11H2,1-4H3/t16-,18+;/m0./s1. The molecule has 226 valence electrons. The van der Waals surface area contributed by atoms with Gasteiger partial charge in [0.25, 0.3) is 0 Å². The molecule has 4 heterocycles. The van der Waals surface area contributed by atoms with E-state index < -0.39 is 0 Å². The van der Waals surface area contributed by atoms with Gasteiger partial charge in [-0.1, -0.05) is 45.9 Å². The van der Waals surface area contributed by atoms with Crippen molar-refractivity contribution in [3.63, 3.8) is 0 Å². The van der Waals surface area contributed by atoms with Crippen LogP contribution in [0.25, 0.3) is 5.70 Å². The highest BCUT2D eigenvalue weighted by molar-refractivity contribution is 6.00. The van der Waals surface area contributed by atoms with E-state index >= 15 is 0 Å². The van der Waals surface area contributed by atoms with Crippen molar-refractivity contribution in [3.05, 3.63) is 74.8 Å². The third kappa shape index (κ3) is 6.44. The molecule has 0 saturated carbocycles. The lowest BCUT2D eigenvalue weighted by Crippen LogP contribution is -2.46. The number of hydrogen-bond acceptors (Lipinski definition) is 4. The summed E-state index contributed by atoms with van der Waals surface area (Å²) < 4.78 is 0. The number of hydrogen-bond donors (Lipinski definition) is 0. The zero-order chi connectivity index (χ0) is 30.3. The number of piperidine rings is 1. The first-order valence-electron chi connectivity index (χ1n) is 16.4. The Balaban J connectivity index is 0.000000168. The van der Waals surface area contributed by atoms with E-state index in [4.69, 9.17) is 0 Å². The average molecular weight is 569 g/mol. The minimum Gasteiger partial charge on any atom is -0.370 e. The van der Waals surface area contributed by atoms with Crippen molar-refractivity contribution in [2.75, 3.05) is 26.2 Å². The summed E-state index contributed by atoms with van der Waals surface area (Å²) in [6, 6.07) is 9.57. The Bertz CT molecular complexity index is 1380. The van der Waals surface area contributed by atoms with Crippen LogP contribution in [-0.2, 0) is 22.4 Å². The van der Waals surface area contributed by atoms with E-state index in [-0.39, 0.29) is 11.8 Å². The Hall–Kier alpha value is -2.72. The molecule has 2 aromatic carbocycles. The predicted molar refractivity (Wildman–Crippen MR) is 174 cm³/mol. The Labute approximate surface area is 254 Å². The van der Waals surface area contributed by atoms with Crippen molar-refractivity contribution < 1.29 is 9.59 Å². The van der Waals surface area contributed by atoms with Crippen LogP contribution in [0.2, 0.25) is 0 Å². The van der Waals surface area contributed by atoms with Gasteiger partial charge in [-0.3, -0.25) is 14.5 Å². The van der Waals surface area contributed by atoms with Crippen molar-refractivity contribution in [2.24, 2.45) is 23.7 Å². The second-order valence-corrected chi connectivity index (χ2v) is 14.4. The van der Waals surface area contributed by atoms with Crippen LogP contribution in [0, 0.1) is 51.4 Å². The molecular weight excluding hydrogens is 516 g/mol. The fourth-order valence-electron chi connectivity index (χ4n) is 7.61. The number of aryl methyl sites for hydroxylation is 4. The van der Waals surface area contributed by atoms with Crippen LogP contribution in [0.3, 0.4) is 0 Å². The molecule has 0 bridgehead atoms. The SMILES string of the molecule is Cc1cc2c(cc1C)C1=CC(=O)C(CC(C)C)CN1CC2.Cc1cc2c(cc1C)[C@H]1CC(=O)[C@@H](CC(C)C)CN1CC2. The lowest BCUT2D eigenvalue weighted by Gasteiger charge is -2.43. The van der Waals surface area contributed by atoms with E-state index in [1.54, 1.807) is 0 Å². The van der Waals surface area contributed by atoms with Crippen molar-refractivity contribution >= 4 is 17.3 Å². The summed E-state index contributed by atoms with van der Waals surface area (Å²) in [5.41, 5.74) is 12.1. The van der Waals surface area contributed by atoms with Crippen LogP contribution in [-0.4, -0.2) is 47.5 Å². The van der Waals surface area contributed by atoms with E-state index in [1.807, 2.05) is 6.08 Å². The molecule has 0 N–H and O–H groups in total. The lowest BCUT2D eigenvalue weighted by molar-refractivity contribution is -0.129. The average Bonchev–Trinajstić information content (AvgIpc) is 2.91. The minimum absolute atomic E-state index is 0.182. The van der Waals surface area contributed by atoms with Gasteiger partial charge in [0.2, 0.25) is 0 Å². The number of benzene rings is 2. The van der Waals surface area contributed by atoms with E-state index in [1.165, 1.54) is 44.5 Å². The maximum Gasteiger partial charge on any atom is 0.162 e. The highest BCUT2D eigenvalue weighted by atomic mass is 16.1. The van der Waals surface area contributed by atoms with Crippen LogP contribution in [0.4, 0.5) is 0 Å². The van der Waals surface area contributed by atoms with Crippen molar-refractivity contribution in [1.82, 2.24) is 9.80 Å². The van der Waals surface area contributed by atoms with Crippen LogP contribution < -0.4 is 0 Å². The molecule has 2 aromatic rings. The van der Waals surface area contributed by atoms with Gasteiger partial charge in [-0.2, -0.15) is 0 Å². The number of fused-ring (bicyclic) bond motifs is 6. The Kier molecular flexibility index (Phi) is 9.13. The van der Waals surface area contributed by atoms with E-state index in [0.717, 1.165) is 57.6 Å². The molecule has 4 aliphatic rings. The largest absolute Gasteiger partial charge is 0.370 e. The van der Waals surface area contributed by atoms with Crippen LogP contribution in [0.5, 0.6) is 0 Å². The quantitative estimate of drug-likeness (QED) is 0.381. The smallest absolute Gasteiger partial charge is 0.162 e.